The van der Waals surface area contributed by atoms with Gasteiger partial charge in [-0.2, -0.15) is 0 Å². The number of esters is 1. The number of rotatable bonds is 11. The molecule has 0 N–H and O–H groups in total. The molecule has 1 aromatic rings. The highest BCUT2D eigenvalue weighted by Gasteiger charge is 2.52. The summed E-state index contributed by atoms with van der Waals surface area (Å²) in [6.45, 7) is 4.14. The molecule has 4 nitrogen and oxygen atoms in total. The zero-order chi connectivity index (χ0) is 15.8. The van der Waals surface area contributed by atoms with E-state index in [1.54, 1.807) is 11.3 Å². The third kappa shape index (κ3) is 5.54. The Morgan fingerprint density at radius 3 is 2.77 bits per heavy atom. The molecule has 1 aromatic heterocycles. The molecule has 0 amide bonds. The van der Waals surface area contributed by atoms with E-state index in [9.17, 15) is 4.79 Å². The van der Waals surface area contributed by atoms with Gasteiger partial charge in [0, 0.05) is 11.5 Å². The number of unbranched alkanes of at least 4 members (excludes halogenated alkanes) is 3. The molecule has 0 saturated carbocycles. The summed E-state index contributed by atoms with van der Waals surface area (Å²) in [6.07, 6.45) is 4.97. The van der Waals surface area contributed by atoms with Gasteiger partial charge in [-0.15, -0.1) is 11.3 Å². The summed E-state index contributed by atoms with van der Waals surface area (Å²) in [6, 6.07) is 3.89. The number of carbonyl (C=O) groups excluding carboxylic acids is 1. The lowest BCUT2D eigenvalue weighted by Gasteiger charge is -2.10. The zero-order valence-electron chi connectivity index (χ0n) is 12.9. The van der Waals surface area contributed by atoms with E-state index < -0.39 is 5.60 Å². The van der Waals surface area contributed by atoms with Crippen molar-refractivity contribution in [3.63, 3.8) is 0 Å². The van der Waals surface area contributed by atoms with Gasteiger partial charge in [-0.1, -0.05) is 24.4 Å². The largest absolute Gasteiger partial charge is 0.464 e. The van der Waals surface area contributed by atoms with Crippen molar-refractivity contribution in [1.29, 1.82) is 0 Å². The molecule has 0 radical (unpaired) electrons. The molecule has 0 aromatic carbocycles. The van der Waals surface area contributed by atoms with E-state index in [1.807, 2.05) is 19.1 Å². The second-order valence-corrected chi connectivity index (χ2v) is 7.23. The van der Waals surface area contributed by atoms with Crippen LogP contribution in [0.1, 0.15) is 43.9 Å². The maximum absolute atomic E-state index is 11.7. The van der Waals surface area contributed by atoms with Gasteiger partial charge in [-0.3, -0.25) is 0 Å². The first kappa shape index (κ1) is 17.7. The van der Waals surface area contributed by atoms with Crippen molar-refractivity contribution in [3.8, 4) is 0 Å². The third-order valence-electron chi connectivity index (χ3n) is 3.63. The van der Waals surface area contributed by atoms with Crippen LogP contribution in [0.25, 0.3) is 0 Å². The van der Waals surface area contributed by atoms with Crippen molar-refractivity contribution in [1.82, 2.24) is 0 Å². The number of thiophene rings is 1. The van der Waals surface area contributed by atoms with Crippen molar-refractivity contribution >= 4 is 28.9 Å². The third-order valence-corrected chi connectivity index (χ3v) is 4.84. The predicted octanol–water partition coefficient (Wildman–Crippen LogP) is 4.20. The van der Waals surface area contributed by atoms with Gasteiger partial charge in [-0.05, 0) is 38.3 Å². The summed E-state index contributed by atoms with van der Waals surface area (Å²) in [7, 11) is 0. The van der Waals surface area contributed by atoms with Gasteiger partial charge in [0.1, 0.15) is 0 Å². The number of hydrogen-bond acceptors (Lipinski definition) is 5. The van der Waals surface area contributed by atoms with Crippen molar-refractivity contribution < 1.29 is 19.0 Å². The van der Waals surface area contributed by atoms with Crippen LogP contribution in [0.5, 0.6) is 0 Å². The molecule has 0 aliphatic carbocycles. The molecule has 1 saturated heterocycles. The molecule has 1 atom stereocenters. The topological polar surface area (TPSA) is 48.1 Å². The zero-order valence-corrected chi connectivity index (χ0v) is 14.5. The SMILES string of the molecule is CCOC(=O)C1(CCCCCCOCc2ccc(Cl)s2)CO1. The van der Waals surface area contributed by atoms with Gasteiger partial charge in [0.15, 0.2) is 5.60 Å². The second kappa shape index (κ2) is 8.87. The Morgan fingerprint density at radius 2 is 2.14 bits per heavy atom. The van der Waals surface area contributed by atoms with Gasteiger partial charge < -0.3 is 14.2 Å². The Hall–Kier alpha value is -0.620. The molecular formula is C16H23ClO4S. The molecule has 1 fully saturated rings. The standard InChI is InChI=1S/C16H23ClO4S/c1-2-20-15(18)16(12-21-16)9-5-3-4-6-10-19-11-13-7-8-14(17)22-13/h7-8H,2-6,9-12H2,1H3. The fourth-order valence-corrected chi connectivity index (χ4v) is 3.31. The quantitative estimate of drug-likeness (QED) is 0.342. The van der Waals surface area contributed by atoms with Gasteiger partial charge in [0.25, 0.3) is 0 Å². The highest BCUT2D eigenvalue weighted by molar-refractivity contribution is 7.16. The van der Waals surface area contributed by atoms with Crippen LogP contribution in [0.2, 0.25) is 4.34 Å². The van der Waals surface area contributed by atoms with Crippen molar-refractivity contribution in [2.45, 2.75) is 51.2 Å². The maximum Gasteiger partial charge on any atom is 0.340 e. The minimum atomic E-state index is -0.620. The lowest BCUT2D eigenvalue weighted by atomic mass is 10.0. The number of carbonyl (C=O) groups is 1. The van der Waals surface area contributed by atoms with Crippen LogP contribution in [0.3, 0.4) is 0 Å². The predicted molar refractivity (Wildman–Crippen MR) is 87.4 cm³/mol. The molecule has 1 unspecified atom stereocenters. The van der Waals surface area contributed by atoms with Crippen LogP contribution in [0.4, 0.5) is 0 Å². The van der Waals surface area contributed by atoms with E-state index in [-0.39, 0.29) is 5.97 Å². The van der Waals surface area contributed by atoms with E-state index >= 15 is 0 Å². The molecule has 2 rings (SSSR count). The molecule has 6 heteroatoms. The van der Waals surface area contributed by atoms with Gasteiger partial charge in [0.2, 0.25) is 0 Å². The number of epoxide rings is 1. The number of ether oxygens (including phenoxy) is 3. The Kier molecular flexibility index (Phi) is 7.15. The first-order valence-electron chi connectivity index (χ1n) is 7.79. The molecule has 0 spiro atoms. The Morgan fingerprint density at radius 1 is 1.36 bits per heavy atom. The molecular weight excluding hydrogens is 324 g/mol. The highest BCUT2D eigenvalue weighted by Crippen LogP contribution is 2.34. The normalized spacial score (nSPS) is 20.1. The number of hydrogen-bond donors (Lipinski definition) is 0. The first-order chi connectivity index (χ1) is 10.7. The molecule has 124 valence electrons. The van der Waals surface area contributed by atoms with E-state index in [4.69, 9.17) is 25.8 Å². The summed E-state index contributed by atoms with van der Waals surface area (Å²) in [5.41, 5.74) is -0.620. The smallest absolute Gasteiger partial charge is 0.340 e. The Bertz CT molecular complexity index is 470. The minimum absolute atomic E-state index is 0.201. The fraction of sp³-hybridized carbons (Fsp3) is 0.688. The van der Waals surface area contributed by atoms with Crippen molar-refractivity contribution in [2.75, 3.05) is 19.8 Å². The summed E-state index contributed by atoms with van der Waals surface area (Å²) < 4.78 is 16.7. The molecule has 2 heterocycles. The summed E-state index contributed by atoms with van der Waals surface area (Å²) in [4.78, 5) is 12.9. The highest BCUT2D eigenvalue weighted by atomic mass is 35.5. The van der Waals surface area contributed by atoms with Crippen LogP contribution in [0.15, 0.2) is 12.1 Å². The average molecular weight is 347 g/mol. The fourth-order valence-electron chi connectivity index (χ4n) is 2.28. The van der Waals surface area contributed by atoms with E-state index in [2.05, 4.69) is 0 Å². The molecule has 0 bridgehead atoms. The Balaban J connectivity index is 1.45. The maximum atomic E-state index is 11.7. The summed E-state index contributed by atoms with van der Waals surface area (Å²) in [5.74, 6) is -0.201. The van der Waals surface area contributed by atoms with E-state index in [1.165, 1.54) is 0 Å². The average Bonchev–Trinajstić information content (AvgIpc) is 3.18. The second-order valence-electron chi connectivity index (χ2n) is 5.43. The van der Waals surface area contributed by atoms with Crippen LogP contribution < -0.4 is 0 Å². The van der Waals surface area contributed by atoms with Crippen molar-refractivity contribution in [3.05, 3.63) is 21.3 Å². The first-order valence-corrected chi connectivity index (χ1v) is 8.99. The lowest BCUT2D eigenvalue weighted by Crippen LogP contribution is -2.27. The monoisotopic (exact) mass is 346 g/mol. The molecule has 1 aliphatic heterocycles. The van der Waals surface area contributed by atoms with Crippen LogP contribution in [-0.4, -0.2) is 31.4 Å². The number of halogens is 1. The van der Waals surface area contributed by atoms with Gasteiger partial charge in [-0.25, -0.2) is 4.79 Å². The van der Waals surface area contributed by atoms with Crippen molar-refractivity contribution in [2.24, 2.45) is 0 Å². The molecule has 1 aliphatic rings. The Labute approximate surface area is 140 Å². The molecule has 22 heavy (non-hydrogen) atoms. The lowest BCUT2D eigenvalue weighted by molar-refractivity contribution is -0.149. The van der Waals surface area contributed by atoms with E-state index in [0.717, 1.165) is 47.9 Å². The van der Waals surface area contributed by atoms with E-state index in [0.29, 0.717) is 19.8 Å². The van der Waals surface area contributed by atoms with Crippen LogP contribution in [0, 0.1) is 0 Å². The van der Waals surface area contributed by atoms with Gasteiger partial charge >= 0.3 is 5.97 Å². The summed E-state index contributed by atoms with van der Waals surface area (Å²) in [5, 5.41) is 0. The summed E-state index contributed by atoms with van der Waals surface area (Å²) >= 11 is 7.42. The minimum Gasteiger partial charge on any atom is -0.464 e. The van der Waals surface area contributed by atoms with Gasteiger partial charge in [0.05, 0.1) is 24.2 Å². The van der Waals surface area contributed by atoms with Crippen LogP contribution >= 0.6 is 22.9 Å². The van der Waals surface area contributed by atoms with Crippen LogP contribution in [-0.2, 0) is 25.6 Å².